The molecule has 1 heterocycles. The molecule has 0 atom stereocenters. The smallest absolute Gasteiger partial charge is 0.119 e. The SMILES string of the molecule is COc1ccc2c(ccn2CCCNC2CCCC2)c1. The molecule has 1 saturated carbocycles. The van der Waals surface area contributed by atoms with E-state index < -0.39 is 0 Å². The Bertz CT molecular complexity index is 555. The first-order valence-electron chi connectivity index (χ1n) is 7.73. The number of nitrogens with one attached hydrogen (secondary N) is 1. The van der Waals surface area contributed by atoms with E-state index >= 15 is 0 Å². The van der Waals surface area contributed by atoms with Crippen molar-refractivity contribution in [1.82, 2.24) is 9.88 Å². The highest BCUT2D eigenvalue weighted by molar-refractivity contribution is 5.81. The van der Waals surface area contributed by atoms with Gasteiger partial charge in [0.15, 0.2) is 0 Å². The first kappa shape index (κ1) is 13.5. The Hall–Kier alpha value is -1.48. The highest BCUT2D eigenvalue weighted by atomic mass is 16.5. The summed E-state index contributed by atoms with van der Waals surface area (Å²) in [6.07, 6.45) is 8.91. The van der Waals surface area contributed by atoms with Crippen molar-refractivity contribution in [2.75, 3.05) is 13.7 Å². The molecule has 0 saturated heterocycles. The van der Waals surface area contributed by atoms with Gasteiger partial charge in [0.05, 0.1) is 7.11 Å². The molecule has 3 rings (SSSR count). The summed E-state index contributed by atoms with van der Waals surface area (Å²) in [7, 11) is 1.72. The lowest BCUT2D eigenvalue weighted by Crippen LogP contribution is -2.27. The summed E-state index contributed by atoms with van der Waals surface area (Å²) < 4.78 is 7.61. The number of aryl methyl sites for hydroxylation is 1. The van der Waals surface area contributed by atoms with Crippen molar-refractivity contribution in [3.63, 3.8) is 0 Å². The summed E-state index contributed by atoms with van der Waals surface area (Å²) in [6, 6.07) is 9.24. The van der Waals surface area contributed by atoms with Crippen LogP contribution >= 0.6 is 0 Å². The van der Waals surface area contributed by atoms with Crippen LogP contribution in [0.2, 0.25) is 0 Å². The average molecular weight is 272 g/mol. The number of hydrogen-bond donors (Lipinski definition) is 1. The second kappa shape index (κ2) is 6.31. The molecule has 0 unspecified atom stereocenters. The molecule has 3 heteroatoms. The molecule has 1 aliphatic rings. The van der Waals surface area contributed by atoms with E-state index in [0.29, 0.717) is 0 Å². The third-order valence-electron chi connectivity index (χ3n) is 4.34. The Morgan fingerprint density at radius 3 is 2.90 bits per heavy atom. The Morgan fingerprint density at radius 2 is 2.10 bits per heavy atom. The zero-order valence-corrected chi connectivity index (χ0v) is 12.3. The molecule has 3 nitrogen and oxygen atoms in total. The van der Waals surface area contributed by atoms with Crippen molar-refractivity contribution >= 4 is 10.9 Å². The average Bonchev–Trinajstić information content (AvgIpc) is 3.12. The van der Waals surface area contributed by atoms with Crippen LogP contribution < -0.4 is 10.1 Å². The highest BCUT2D eigenvalue weighted by Gasteiger charge is 2.13. The summed E-state index contributed by atoms with van der Waals surface area (Å²) in [5.74, 6) is 0.929. The van der Waals surface area contributed by atoms with Crippen LogP contribution in [0.5, 0.6) is 5.75 Å². The lowest BCUT2D eigenvalue weighted by Gasteiger charge is -2.12. The van der Waals surface area contributed by atoms with Crippen LogP contribution in [-0.4, -0.2) is 24.3 Å². The van der Waals surface area contributed by atoms with Crippen molar-refractivity contribution in [3.05, 3.63) is 30.5 Å². The van der Waals surface area contributed by atoms with Gasteiger partial charge in [-0.1, -0.05) is 12.8 Å². The van der Waals surface area contributed by atoms with E-state index in [2.05, 4.69) is 34.3 Å². The van der Waals surface area contributed by atoms with Gasteiger partial charge in [0.25, 0.3) is 0 Å². The third-order valence-corrected chi connectivity index (χ3v) is 4.34. The monoisotopic (exact) mass is 272 g/mol. The molecule has 1 N–H and O–H groups in total. The zero-order valence-electron chi connectivity index (χ0n) is 12.3. The summed E-state index contributed by atoms with van der Waals surface area (Å²) in [5, 5.41) is 4.93. The first-order valence-corrected chi connectivity index (χ1v) is 7.73. The predicted octanol–water partition coefficient (Wildman–Crippen LogP) is 3.57. The maximum absolute atomic E-state index is 5.27. The number of methoxy groups -OCH3 is 1. The largest absolute Gasteiger partial charge is 0.497 e. The summed E-state index contributed by atoms with van der Waals surface area (Å²) >= 11 is 0. The molecule has 1 aliphatic carbocycles. The fourth-order valence-corrected chi connectivity index (χ4v) is 3.19. The van der Waals surface area contributed by atoms with Crippen LogP contribution in [0.1, 0.15) is 32.1 Å². The minimum atomic E-state index is 0.778. The van der Waals surface area contributed by atoms with Crippen LogP contribution in [0.25, 0.3) is 10.9 Å². The second-order valence-electron chi connectivity index (χ2n) is 5.72. The van der Waals surface area contributed by atoms with Gasteiger partial charge in [0, 0.05) is 29.7 Å². The van der Waals surface area contributed by atoms with Gasteiger partial charge in [0.1, 0.15) is 5.75 Å². The Morgan fingerprint density at radius 1 is 1.25 bits per heavy atom. The molecular weight excluding hydrogens is 248 g/mol. The number of benzene rings is 1. The van der Waals surface area contributed by atoms with Crippen LogP contribution in [0.3, 0.4) is 0 Å². The lowest BCUT2D eigenvalue weighted by atomic mass is 10.2. The number of aromatic nitrogens is 1. The molecule has 1 aromatic heterocycles. The Labute approximate surface area is 120 Å². The first-order chi connectivity index (χ1) is 9.86. The van der Waals surface area contributed by atoms with Gasteiger partial charge in [-0.25, -0.2) is 0 Å². The quantitative estimate of drug-likeness (QED) is 0.814. The molecule has 108 valence electrons. The highest BCUT2D eigenvalue weighted by Crippen LogP contribution is 2.22. The molecule has 0 bridgehead atoms. The van der Waals surface area contributed by atoms with Gasteiger partial charge in [-0.2, -0.15) is 0 Å². The predicted molar refractivity (Wildman–Crippen MR) is 83.4 cm³/mol. The van der Waals surface area contributed by atoms with Crippen LogP contribution in [0, 0.1) is 0 Å². The van der Waals surface area contributed by atoms with E-state index in [1.54, 1.807) is 7.11 Å². The van der Waals surface area contributed by atoms with Gasteiger partial charge >= 0.3 is 0 Å². The molecule has 0 aliphatic heterocycles. The fourth-order valence-electron chi connectivity index (χ4n) is 3.19. The molecule has 0 amide bonds. The Kier molecular flexibility index (Phi) is 4.26. The molecule has 1 aromatic carbocycles. The number of ether oxygens (including phenoxy) is 1. The van der Waals surface area contributed by atoms with Gasteiger partial charge in [-0.3, -0.25) is 0 Å². The van der Waals surface area contributed by atoms with Gasteiger partial charge < -0.3 is 14.6 Å². The Balaban J connectivity index is 1.54. The fraction of sp³-hybridized carbons (Fsp3) is 0.529. The minimum absolute atomic E-state index is 0.778. The van der Waals surface area contributed by atoms with Crippen molar-refractivity contribution in [1.29, 1.82) is 0 Å². The van der Waals surface area contributed by atoms with E-state index in [9.17, 15) is 0 Å². The van der Waals surface area contributed by atoms with Gasteiger partial charge in [-0.05, 0) is 50.1 Å². The molecular formula is C17H24N2O. The lowest BCUT2D eigenvalue weighted by molar-refractivity contribution is 0.415. The molecule has 0 radical (unpaired) electrons. The topological polar surface area (TPSA) is 26.2 Å². The van der Waals surface area contributed by atoms with Crippen molar-refractivity contribution in [2.45, 2.75) is 44.7 Å². The van der Waals surface area contributed by atoms with Gasteiger partial charge in [0.2, 0.25) is 0 Å². The van der Waals surface area contributed by atoms with Crippen molar-refractivity contribution < 1.29 is 4.74 Å². The maximum Gasteiger partial charge on any atom is 0.119 e. The molecule has 0 spiro atoms. The van der Waals surface area contributed by atoms with Crippen molar-refractivity contribution in [2.24, 2.45) is 0 Å². The standard InChI is InChI=1S/C17H24N2O/c1-20-16-7-8-17-14(13-16)9-12-19(17)11-4-10-18-15-5-2-3-6-15/h7-9,12-13,15,18H,2-6,10-11H2,1H3. The van der Waals surface area contributed by atoms with E-state index in [-0.39, 0.29) is 0 Å². The summed E-state index contributed by atoms with van der Waals surface area (Å²) in [6.45, 7) is 2.20. The van der Waals surface area contributed by atoms with E-state index in [1.165, 1.54) is 43.0 Å². The maximum atomic E-state index is 5.27. The number of rotatable bonds is 6. The van der Waals surface area contributed by atoms with Crippen LogP contribution in [0.4, 0.5) is 0 Å². The minimum Gasteiger partial charge on any atom is -0.497 e. The molecule has 1 fully saturated rings. The number of fused-ring (bicyclic) bond motifs is 1. The number of nitrogens with zero attached hydrogens (tertiary/aromatic N) is 1. The van der Waals surface area contributed by atoms with Crippen LogP contribution in [0.15, 0.2) is 30.5 Å². The van der Waals surface area contributed by atoms with E-state index in [0.717, 1.165) is 24.9 Å². The van der Waals surface area contributed by atoms with Crippen LogP contribution in [-0.2, 0) is 6.54 Å². The van der Waals surface area contributed by atoms with E-state index in [4.69, 9.17) is 4.74 Å². The van der Waals surface area contributed by atoms with Gasteiger partial charge in [-0.15, -0.1) is 0 Å². The summed E-state index contributed by atoms with van der Waals surface area (Å²) in [4.78, 5) is 0. The number of hydrogen-bond acceptors (Lipinski definition) is 2. The summed E-state index contributed by atoms with van der Waals surface area (Å²) in [5.41, 5.74) is 1.30. The molecule has 2 aromatic rings. The second-order valence-corrected chi connectivity index (χ2v) is 5.72. The molecule has 20 heavy (non-hydrogen) atoms. The van der Waals surface area contributed by atoms with Crippen molar-refractivity contribution in [3.8, 4) is 5.75 Å². The zero-order chi connectivity index (χ0) is 13.8. The normalized spacial score (nSPS) is 16.1. The van der Waals surface area contributed by atoms with E-state index in [1.807, 2.05) is 6.07 Å². The third kappa shape index (κ3) is 2.98.